The van der Waals surface area contributed by atoms with Crippen LogP contribution in [0.2, 0.25) is 5.02 Å². The molecule has 42 heavy (non-hydrogen) atoms. The Kier molecular flexibility index (Phi) is 9.44. The summed E-state index contributed by atoms with van der Waals surface area (Å²) in [5, 5.41) is 9.54. The summed E-state index contributed by atoms with van der Waals surface area (Å²) in [6, 6.07) is 12.7. The van der Waals surface area contributed by atoms with Crippen LogP contribution in [0, 0.1) is 11.7 Å². The van der Waals surface area contributed by atoms with Crippen LogP contribution in [-0.4, -0.2) is 22.7 Å². The molecular formula is C30H33ClFN7O3. The first-order chi connectivity index (χ1) is 20.0. The Morgan fingerprint density at radius 3 is 2.64 bits per heavy atom. The second-order valence-corrected chi connectivity index (χ2v) is 10.6. The third-order valence-electron chi connectivity index (χ3n) is 7.12. The molecule has 12 heteroatoms. The van der Waals surface area contributed by atoms with Gasteiger partial charge in [-0.25, -0.2) is 10.2 Å². The molecule has 3 amide bonds. The Morgan fingerprint density at radius 2 is 1.90 bits per heavy atom. The van der Waals surface area contributed by atoms with Gasteiger partial charge in [-0.15, -0.1) is 0 Å². The minimum Gasteiger partial charge on any atom is -0.393 e. The van der Waals surface area contributed by atoms with Crippen molar-refractivity contribution in [3.05, 3.63) is 82.7 Å². The normalized spacial score (nSPS) is 17.4. The number of nitrogens with two attached hydrogens (primary N) is 2. The molecule has 0 fully saturated rings. The molecule has 0 radical (unpaired) electrons. The number of nitrogens with zero attached hydrogens (tertiary/aromatic N) is 2. The zero-order valence-electron chi connectivity index (χ0n) is 23.5. The van der Waals surface area contributed by atoms with Gasteiger partial charge in [0.2, 0.25) is 11.8 Å². The number of allylic oxidation sites excluding steroid dienone is 1. The summed E-state index contributed by atoms with van der Waals surface area (Å²) in [7, 11) is 0. The van der Waals surface area contributed by atoms with Gasteiger partial charge in [-0.3, -0.25) is 24.4 Å². The van der Waals surface area contributed by atoms with E-state index in [4.69, 9.17) is 23.2 Å². The molecule has 220 valence electrons. The monoisotopic (exact) mass is 593 g/mol. The summed E-state index contributed by atoms with van der Waals surface area (Å²) in [6.45, 7) is 4.74. The van der Waals surface area contributed by atoms with Crippen molar-refractivity contribution in [2.45, 2.75) is 46.1 Å². The fourth-order valence-corrected chi connectivity index (χ4v) is 4.85. The van der Waals surface area contributed by atoms with E-state index in [2.05, 4.69) is 20.9 Å². The highest BCUT2D eigenvalue weighted by atomic mass is 35.5. The van der Waals surface area contributed by atoms with Crippen LogP contribution in [0.1, 0.15) is 51.8 Å². The summed E-state index contributed by atoms with van der Waals surface area (Å²) >= 11 is 5.89. The van der Waals surface area contributed by atoms with Crippen molar-refractivity contribution in [1.82, 2.24) is 10.3 Å². The summed E-state index contributed by atoms with van der Waals surface area (Å²) in [6.07, 6.45) is 3.26. The zero-order valence-corrected chi connectivity index (χ0v) is 24.3. The van der Waals surface area contributed by atoms with Gasteiger partial charge in [-0.05, 0) is 61.7 Å². The van der Waals surface area contributed by atoms with Crippen LogP contribution in [0.25, 0.3) is 11.1 Å². The minimum atomic E-state index is -0.739. The lowest BCUT2D eigenvalue weighted by Gasteiger charge is -2.24. The Hall–Kier alpha value is -4.48. The molecule has 2 bridgehead atoms. The van der Waals surface area contributed by atoms with Crippen LogP contribution < -0.4 is 32.5 Å². The quantitative estimate of drug-likeness (QED) is 0.159. The number of anilines is 3. The number of aromatic nitrogens is 1. The Bertz CT molecular complexity index is 1560. The van der Waals surface area contributed by atoms with Crippen molar-refractivity contribution in [1.29, 1.82) is 0 Å². The number of carbonyl (C=O) groups is 3. The van der Waals surface area contributed by atoms with Gasteiger partial charge in [-0.1, -0.05) is 37.1 Å². The van der Waals surface area contributed by atoms with Crippen molar-refractivity contribution in [3.8, 4) is 11.1 Å². The molecule has 2 unspecified atom stereocenters. The summed E-state index contributed by atoms with van der Waals surface area (Å²) in [5.74, 6) is 4.04. The second kappa shape index (κ2) is 13.0. The Balaban J connectivity index is 1.68. The predicted octanol–water partition coefficient (Wildman–Crippen LogP) is 4.99. The molecule has 0 saturated heterocycles. The van der Waals surface area contributed by atoms with Crippen LogP contribution in [-0.2, 0) is 14.4 Å². The predicted molar refractivity (Wildman–Crippen MR) is 161 cm³/mol. The van der Waals surface area contributed by atoms with Crippen LogP contribution in [0.3, 0.4) is 0 Å². The van der Waals surface area contributed by atoms with E-state index in [1.165, 1.54) is 32.0 Å². The van der Waals surface area contributed by atoms with Gasteiger partial charge < -0.3 is 21.7 Å². The van der Waals surface area contributed by atoms with Crippen molar-refractivity contribution >= 4 is 46.4 Å². The van der Waals surface area contributed by atoms with E-state index in [1.54, 1.807) is 30.5 Å². The molecule has 0 aliphatic carbocycles. The van der Waals surface area contributed by atoms with Gasteiger partial charge in [0.1, 0.15) is 5.70 Å². The van der Waals surface area contributed by atoms with Gasteiger partial charge in [-0.2, -0.15) is 0 Å². The number of hydrazine groups is 1. The first-order valence-corrected chi connectivity index (χ1v) is 13.8. The highest BCUT2D eigenvalue weighted by molar-refractivity contribution is 6.31. The van der Waals surface area contributed by atoms with Crippen LogP contribution in [0.5, 0.6) is 0 Å². The van der Waals surface area contributed by atoms with E-state index in [0.717, 1.165) is 16.1 Å². The number of amides is 3. The number of hydrogen-bond donors (Lipinski definition) is 5. The van der Waals surface area contributed by atoms with E-state index in [9.17, 15) is 18.8 Å². The molecule has 10 nitrogen and oxygen atoms in total. The van der Waals surface area contributed by atoms with Crippen molar-refractivity contribution < 1.29 is 18.8 Å². The molecule has 4 rings (SSSR count). The fraction of sp³-hybridized carbons (Fsp3) is 0.267. The Labute approximate surface area is 248 Å². The lowest BCUT2D eigenvalue weighted by molar-refractivity contribution is -0.120. The second-order valence-electron chi connectivity index (χ2n) is 10.2. The first kappa shape index (κ1) is 30.5. The summed E-state index contributed by atoms with van der Waals surface area (Å²) in [4.78, 5) is 42.5. The van der Waals surface area contributed by atoms with Gasteiger partial charge in [0.05, 0.1) is 33.8 Å². The maximum Gasteiger partial charge on any atom is 0.269 e. The van der Waals surface area contributed by atoms with E-state index in [-0.39, 0.29) is 39.8 Å². The zero-order chi connectivity index (χ0) is 30.6. The highest BCUT2D eigenvalue weighted by Crippen LogP contribution is 2.34. The average molecular weight is 594 g/mol. The third-order valence-corrected chi connectivity index (χ3v) is 7.41. The Morgan fingerprint density at radius 1 is 1.14 bits per heavy atom. The molecule has 7 N–H and O–H groups in total. The molecule has 0 saturated carbocycles. The van der Waals surface area contributed by atoms with Crippen LogP contribution in [0.4, 0.5) is 21.5 Å². The van der Waals surface area contributed by atoms with Crippen molar-refractivity contribution in [2.75, 3.05) is 15.6 Å². The van der Waals surface area contributed by atoms with E-state index in [1.807, 2.05) is 13.0 Å². The molecule has 0 spiro atoms. The number of halogens is 2. The van der Waals surface area contributed by atoms with Crippen molar-refractivity contribution in [2.24, 2.45) is 17.5 Å². The number of nitrogens with one attached hydrogen (secondary N) is 3. The largest absolute Gasteiger partial charge is 0.393 e. The van der Waals surface area contributed by atoms with E-state index in [0.29, 0.717) is 36.3 Å². The number of fused-ring (bicyclic) bond motifs is 4. The topological polar surface area (TPSA) is 155 Å². The summed E-state index contributed by atoms with van der Waals surface area (Å²) < 4.78 is 14.6. The number of hydrogen-bond acceptors (Lipinski definition) is 7. The van der Waals surface area contributed by atoms with Crippen LogP contribution >= 0.6 is 11.6 Å². The molecule has 2 heterocycles. The molecule has 1 aliphatic heterocycles. The van der Waals surface area contributed by atoms with E-state index < -0.39 is 17.8 Å². The van der Waals surface area contributed by atoms with Gasteiger partial charge >= 0.3 is 0 Å². The molecule has 1 aromatic heterocycles. The average Bonchev–Trinajstić information content (AvgIpc) is 2.96. The maximum absolute atomic E-state index is 14.6. The molecule has 2 aromatic carbocycles. The number of pyridine rings is 1. The van der Waals surface area contributed by atoms with Gasteiger partial charge in [0.25, 0.3) is 5.91 Å². The lowest BCUT2D eigenvalue weighted by Crippen LogP contribution is -2.38. The third kappa shape index (κ3) is 6.87. The maximum atomic E-state index is 14.6. The number of benzene rings is 2. The molecule has 3 aromatic rings. The SMILES string of the molecule is CC(=O)Nc1ccc2c(c1)NC(=O)C(C)CCCC(NC(=O)/C(N)=C(\C)N(N)c1cccc(Cl)c1F)c1cc-2ccn1. The van der Waals surface area contributed by atoms with Crippen molar-refractivity contribution in [3.63, 3.8) is 0 Å². The van der Waals surface area contributed by atoms with Crippen LogP contribution in [0.15, 0.2) is 66.1 Å². The van der Waals surface area contributed by atoms with Gasteiger partial charge in [0, 0.05) is 30.3 Å². The van der Waals surface area contributed by atoms with E-state index >= 15 is 0 Å². The summed E-state index contributed by atoms with van der Waals surface area (Å²) in [5.41, 5.74) is 9.22. The lowest BCUT2D eigenvalue weighted by atomic mass is 9.95. The number of rotatable bonds is 5. The van der Waals surface area contributed by atoms with Gasteiger partial charge in [0.15, 0.2) is 5.82 Å². The molecular weight excluding hydrogens is 561 g/mol. The smallest absolute Gasteiger partial charge is 0.269 e. The highest BCUT2D eigenvalue weighted by Gasteiger charge is 2.24. The molecule has 1 aliphatic rings. The minimum absolute atomic E-state index is 0.0382. The number of carbonyl (C=O) groups excluding carboxylic acids is 3. The fourth-order valence-electron chi connectivity index (χ4n) is 4.69. The molecule has 2 atom stereocenters. The first-order valence-electron chi connectivity index (χ1n) is 13.4. The standard InChI is InChI=1S/C30H33ClFN7O3/c1-16-6-4-8-23(37-30(42)28(33)17(2)39(34)26-9-5-7-22(31)27(26)32)25-14-19(12-13-35-25)21-11-10-20(36-18(3)40)15-24(21)38-29(16)41/h5,7,9-16,23H,4,6,8,33-34H2,1-3H3,(H,36,40)(H,37,42)(H,38,41)/b28-17-.